The van der Waals surface area contributed by atoms with Crippen molar-refractivity contribution in [3.63, 3.8) is 0 Å². The van der Waals surface area contributed by atoms with Crippen LogP contribution < -0.4 is 20.1 Å². The second-order valence-electron chi connectivity index (χ2n) is 8.35. The molecule has 0 atom stereocenters. The summed E-state index contributed by atoms with van der Waals surface area (Å²) in [5.74, 6) is 2.07. The van der Waals surface area contributed by atoms with Crippen LogP contribution in [-0.4, -0.2) is 61.2 Å². The van der Waals surface area contributed by atoms with Gasteiger partial charge < -0.3 is 25.0 Å². The zero-order valence-corrected chi connectivity index (χ0v) is 19.8. The normalized spacial score (nSPS) is 14.1. The van der Waals surface area contributed by atoms with Crippen molar-refractivity contribution in [2.24, 2.45) is 0 Å². The number of ether oxygens (including phenoxy) is 2. The Bertz CT molecular complexity index is 1420. The van der Waals surface area contributed by atoms with E-state index >= 15 is 0 Å². The van der Waals surface area contributed by atoms with Crippen molar-refractivity contribution in [1.82, 2.24) is 14.9 Å². The molecule has 1 aromatic heterocycles. The minimum absolute atomic E-state index is 0.00615. The first-order chi connectivity index (χ1) is 17.1. The maximum Gasteiger partial charge on any atom is 0.246 e. The lowest BCUT2D eigenvalue weighted by Crippen LogP contribution is -2.48. The van der Waals surface area contributed by atoms with Gasteiger partial charge in [0, 0.05) is 43.7 Å². The molecule has 8 heteroatoms. The van der Waals surface area contributed by atoms with Gasteiger partial charge in [-0.2, -0.15) is 4.98 Å². The zero-order chi connectivity index (χ0) is 24.4. The minimum Gasteiger partial charge on any atom is -0.493 e. The molecular formula is C27H27N5O3. The van der Waals surface area contributed by atoms with Crippen molar-refractivity contribution in [3.05, 3.63) is 66.2 Å². The van der Waals surface area contributed by atoms with E-state index in [0.717, 1.165) is 16.3 Å². The van der Waals surface area contributed by atoms with Crippen molar-refractivity contribution >= 4 is 45.4 Å². The number of carbonyl (C=O) groups is 1. The Morgan fingerprint density at radius 3 is 2.40 bits per heavy atom. The third kappa shape index (κ3) is 4.42. The third-order valence-corrected chi connectivity index (χ3v) is 6.32. The number of amides is 1. The molecule has 4 aromatic rings. The van der Waals surface area contributed by atoms with Crippen molar-refractivity contribution in [1.29, 1.82) is 0 Å². The first kappa shape index (κ1) is 22.5. The molecule has 1 aliphatic heterocycles. The van der Waals surface area contributed by atoms with Gasteiger partial charge in [0.1, 0.15) is 5.82 Å². The Morgan fingerprint density at radius 2 is 1.63 bits per heavy atom. The Kier molecular flexibility index (Phi) is 6.10. The average molecular weight is 470 g/mol. The number of anilines is 2. The van der Waals surface area contributed by atoms with Gasteiger partial charge in [0.25, 0.3) is 0 Å². The van der Waals surface area contributed by atoms with E-state index in [-0.39, 0.29) is 5.91 Å². The highest BCUT2D eigenvalue weighted by atomic mass is 16.5. The van der Waals surface area contributed by atoms with Gasteiger partial charge in [-0.15, -0.1) is 0 Å². The van der Waals surface area contributed by atoms with Gasteiger partial charge >= 0.3 is 0 Å². The number of hydrogen-bond acceptors (Lipinski definition) is 7. The van der Waals surface area contributed by atoms with Gasteiger partial charge in [-0.1, -0.05) is 42.5 Å². The summed E-state index contributed by atoms with van der Waals surface area (Å²) in [6.07, 6.45) is 3.55. The van der Waals surface area contributed by atoms with E-state index in [9.17, 15) is 4.79 Å². The SMILES string of the molecule is COc1cc2nc(N3CCN(C(=O)C=Cc4cccc5ccccc45)CC3)nc(N)c2cc1OC. The number of benzene rings is 3. The second-order valence-corrected chi connectivity index (χ2v) is 8.35. The van der Waals surface area contributed by atoms with Gasteiger partial charge in [-0.05, 0) is 28.5 Å². The smallest absolute Gasteiger partial charge is 0.246 e. The second kappa shape index (κ2) is 9.50. The van der Waals surface area contributed by atoms with Gasteiger partial charge in [0.05, 0.1) is 19.7 Å². The highest BCUT2D eigenvalue weighted by Crippen LogP contribution is 2.34. The van der Waals surface area contributed by atoms with Crippen molar-refractivity contribution < 1.29 is 14.3 Å². The summed E-state index contributed by atoms with van der Waals surface area (Å²) in [7, 11) is 3.16. The molecule has 1 aliphatic rings. The van der Waals surface area contributed by atoms with Gasteiger partial charge in [-0.25, -0.2) is 4.98 Å². The lowest BCUT2D eigenvalue weighted by Gasteiger charge is -2.34. The molecule has 1 amide bonds. The fourth-order valence-electron chi connectivity index (χ4n) is 4.40. The number of nitrogen functional groups attached to an aromatic ring is 1. The number of carbonyl (C=O) groups excluding carboxylic acids is 1. The van der Waals surface area contributed by atoms with Crippen molar-refractivity contribution in [2.75, 3.05) is 51.0 Å². The molecule has 1 fully saturated rings. The molecule has 8 nitrogen and oxygen atoms in total. The summed E-state index contributed by atoms with van der Waals surface area (Å²) in [5, 5.41) is 2.99. The standard InChI is InChI=1S/C27H27N5O3/c1-34-23-16-21-22(17-24(23)35-2)29-27(30-26(21)28)32-14-12-31(13-15-32)25(33)11-10-19-8-5-7-18-6-3-4-9-20(18)19/h3-11,16-17H,12-15H2,1-2H3,(H2,28,29,30). The molecule has 5 rings (SSSR count). The Balaban J connectivity index is 1.29. The highest BCUT2D eigenvalue weighted by molar-refractivity contribution is 5.97. The fourth-order valence-corrected chi connectivity index (χ4v) is 4.40. The summed E-state index contributed by atoms with van der Waals surface area (Å²) in [4.78, 5) is 26.0. The Morgan fingerprint density at radius 1 is 0.914 bits per heavy atom. The van der Waals surface area contributed by atoms with Gasteiger partial charge in [-0.3, -0.25) is 4.79 Å². The molecule has 0 aliphatic carbocycles. The molecule has 0 saturated carbocycles. The molecular weight excluding hydrogens is 442 g/mol. The quantitative estimate of drug-likeness (QED) is 0.445. The molecule has 0 radical (unpaired) electrons. The topological polar surface area (TPSA) is 93.8 Å². The van der Waals surface area contributed by atoms with E-state index in [0.29, 0.717) is 60.3 Å². The summed E-state index contributed by atoms with van der Waals surface area (Å²) in [6.45, 7) is 2.38. The largest absolute Gasteiger partial charge is 0.493 e. The number of methoxy groups -OCH3 is 2. The first-order valence-electron chi connectivity index (χ1n) is 11.5. The number of nitrogens with two attached hydrogens (primary N) is 1. The van der Waals surface area contributed by atoms with E-state index in [2.05, 4.69) is 23.2 Å². The maximum atomic E-state index is 12.9. The number of aromatic nitrogens is 2. The molecule has 1 saturated heterocycles. The van der Waals surface area contributed by atoms with Crippen molar-refractivity contribution in [2.45, 2.75) is 0 Å². The highest BCUT2D eigenvalue weighted by Gasteiger charge is 2.22. The van der Waals surface area contributed by atoms with E-state index in [1.165, 1.54) is 0 Å². The van der Waals surface area contributed by atoms with Crippen LogP contribution in [0.2, 0.25) is 0 Å². The molecule has 178 valence electrons. The predicted octanol–water partition coefficient (Wildman–Crippen LogP) is 3.74. The lowest BCUT2D eigenvalue weighted by molar-refractivity contribution is -0.126. The summed E-state index contributed by atoms with van der Waals surface area (Å²) in [5.41, 5.74) is 7.95. The molecule has 3 aromatic carbocycles. The number of rotatable bonds is 5. The van der Waals surface area contributed by atoms with Gasteiger partial charge in [0.2, 0.25) is 11.9 Å². The Hall–Kier alpha value is -4.33. The summed E-state index contributed by atoms with van der Waals surface area (Å²) >= 11 is 0. The number of hydrogen-bond donors (Lipinski definition) is 1. The van der Waals surface area contributed by atoms with E-state index in [4.69, 9.17) is 20.2 Å². The molecule has 2 N–H and O–H groups in total. The van der Waals surface area contributed by atoms with E-state index < -0.39 is 0 Å². The lowest BCUT2D eigenvalue weighted by atomic mass is 10.0. The van der Waals surface area contributed by atoms with Crippen LogP contribution in [0, 0.1) is 0 Å². The van der Waals surface area contributed by atoms with Crippen LogP contribution in [0.5, 0.6) is 11.5 Å². The molecule has 2 heterocycles. The number of piperazine rings is 1. The molecule has 0 bridgehead atoms. The predicted molar refractivity (Wildman–Crippen MR) is 139 cm³/mol. The van der Waals surface area contributed by atoms with Crippen LogP contribution in [-0.2, 0) is 4.79 Å². The molecule has 35 heavy (non-hydrogen) atoms. The van der Waals surface area contributed by atoms with Crippen LogP contribution in [0.25, 0.3) is 27.8 Å². The first-order valence-corrected chi connectivity index (χ1v) is 11.5. The van der Waals surface area contributed by atoms with Crippen LogP contribution in [0.4, 0.5) is 11.8 Å². The summed E-state index contributed by atoms with van der Waals surface area (Å²) < 4.78 is 10.8. The average Bonchev–Trinajstić information content (AvgIpc) is 2.91. The molecule has 0 spiro atoms. The maximum absolute atomic E-state index is 12.9. The zero-order valence-electron chi connectivity index (χ0n) is 19.8. The van der Waals surface area contributed by atoms with Crippen LogP contribution >= 0.6 is 0 Å². The van der Waals surface area contributed by atoms with E-state index in [1.54, 1.807) is 32.4 Å². The van der Waals surface area contributed by atoms with Gasteiger partial charge in [0.15, 0.2) is 11.5 Å². The van der Waals surface area contributed by atoms with Crippen LogP contribution in [0.15, 0.2) is 60.7 Å². The number of nitrogens with zero attached hydrogens (tertiary/aromatic N) is 4. The van der Waals surface area contributed by atoms with Crippen LogP contribution in [0.1, 0.15) is 5.56 Å². The number of fused-ring (bicyclic) bond motifs is 2. The van der Waals surface area contributed by atoms with E-state index in [1.807, 2.05) is 40.1 Å². The van der Waals surface area contributed by atoms with Crippen LogP contribution in [0.3, 0.4) is 0 Å². The fraction of sp³-hybridized carbons (Fsp3) is 0.222. The minimum atomic E-state index is -0.00615. The monoisotopic (exact) mass is 469 g/mol. The summed E-state index contributed by atoms with van der Waals surface area (Å²) in [6, 6.07) is 17.8. The molecule has 0 unspecified atom stereocenters. The third-order valence-electron chi connectivity index (χ3n) is 6.32. The Labute approximate surface area is 203 Å². The van der Waals surface area contributed by atoms with Crippen molar-refractivity contribution in [3.8, 4) is 11.5 Å².